The van der Waals surface area contributed by atoms with Gasteiger partial charge in [-0.3, -0.25) is 4.79 Å². The molecule has 1 N–H and O–H groups in total. The first-order valence-electron chi connectivity index (χ1n) is 7.25. The molecule has 4 nitrogen and oxygen atoms in total. The number of aryl methyl sites for hydroxylation is 1. The third kappa shape index (κ3) is 2.90. The predicted octanol–water partition coefficient (Wildman–Crippen LogP) is 3.26. The zero-order valence-electron chi connectivity index (χ0n) is 13.0. The van der Waals surface area contributed by atoms with Crippen molar-refractivity contribution in [3.8, 4) is 5.75 Å². The van der Waals surface area contributed by atoms with Crippen LogP contribution in [0.5, 0.6) is 5.75 Å². The van der Waals surface area contributed by atoms with E-state index >= 15 is 0 Å². The lowest BCUT2D eigenvalue weighted by Crippen LogP contribution is -2.24. The average Bonchev–Trinajstić information content (AvgIpc) is 2.91. The van der Waals surface area contributed by atoms with Gasteiger partial charge in [-0.25, -0.2) is 4.39 Å². The number of carbonyl (C=O) groups is 1. The lowest BCUT2D eigenvalue weighted by atomic mass is 10.2. The second-order valence-corrected chi connectivity index (χ2v) is 5.29. The molecule has 0 aliphatic heterocycles. The van der Waals surface area contributed by atoms with E-state index in [0.717, 1.165) is 22.2 Å². The Morgan fingerprint density at radius 1 is 1.22 bits per heavy atom. The molecule has 0 radical (unpaired) electrons. The molecule has 5 heteroatoms. The fraction of sp³-hybridized carbons (Fsp3) is 0.167. The molecular formula is C18H17FN2O2. The lowest BCUT2D eigenvalue weighted by molar-refractivity contribution is 0.0943. The molecule has 0 unspecified atom stereocenters. The van der Waals surface area contributed by atoms with Crippen molar-refractivity contribution in [1.29, 1.82) is 0 Å². The van der Waals surface area contributed by atoms with Crippen LogP contribution in [0.2, 0.25) is 0 Å². The number of methoxy groups -OCH3 is 1. The Morgan fingerprint density at radius 2 is 1.96 bits per heavy atom. The molecule has 23 heavy (non-hydrogen) atoms. The Hall–Kier alpha value is -2.82. The Bertz CT molecular complexity index is 853. The first-order valence-corrected chi connectivity index (χ1v) is 7.25. The van der Waals surface area contributed by atoms with E-state index in [-0.39, 0.29) is 11.7 Å². The number of carbonyl (C=O) groups excluding carboxylic acids is 1. The lowest BCUT2D eigenvalue weighted by Gasteiger charge is -2.07. The summed E-state index contributed by atoms with van der Waals surface area (Å²) in [5.41, 5.74) is 2.32. The second-order valence-electron chi connectivity index (χ2n) is 5.29. The molecule has 0 atom stereocenters. The molecular weight excluding hydrogens is 295 g/mol. The molecule has 3 rings (SSSR count). The molecule has 0 saturated carbocycles. The van der Waals surface area contributed by atoms with Crippen LogP contribution in [0.25, 0.3) is 10.9 Å². The Kier molecular flexibility index (Phi) is 4.02. The number of nitrogens with zero attached hydrogens (tertiary/aromatic N) is 1. The second kappa shape index (κ2) is 6.12. The van der Waals surface area contributed by atoms with E-state index in [4.69, 9.17) is 4.74 Å². The predicted molar refractivity (Wildman–Crippen MR) is 87.0 cm³/mol. The molecule has 3 aromatic rings. The van der Waals surface area contributed by atoms with Crippen LogP contribution in [0, 0.1) is 5.82 Å². The van der Waals surface area contributed by atoms with E-state index in [2.05, 4.69) is 5.32 Å². The molecule has 0 saturated heterocycles. The molecule has 2 aromatic carbocycles. The van der Waals surface area contributed by atoms with Crippen LogP contribution in [-0.4, -0.2) is 17.6 Å². The van der Waals surface area contributed by atoms with Crippen molar-refractivity contribution >= 4 is 16.8 Å². The van der Waals surface area contributed by atoms with Gasteiger partial charge in [0.1, 0.15) is 17.3 Å². The minimum Gasteiger partial charge on any atom is -0.496 e. The SMILES string of the molecule is COc1cccc2c1cc(C(=O)NCc1ccc(F)cc1)n2C. The van der Waals surface area contributed by atoms with Crippen LogP contribution in [-0.2, 0) is 13.6 Å². The summed E-state index contributed by atoms with van der Waals surface area (Å²) in [7, 11) is 3.45. The van der Waals surface area contributed by atoms with E-state index in [1.165, 1.54) is 12.1 Å². The van der Waals surface area contributed by atoms with Crippen LogP contribution in [0.4, 0.5) is 4.39 Å². The van der Waals surface area contributed by atoms with Gasteiger partial charge in [-0.15, -0.1) is 0 Å². The van der Waals surface area contributed by atoms with Gasteiger partial charge >= 0.3 is 0 Å². The van der Waals surface area contributed by atoms with Crippen LogP contribution < -0.4 is 10.1 Å². The van der Waals surface area contributed by atoms with Crippen LogP contribution in [0.1, 0.15) is 16.1 Å². The Morgan fingerprint density at radius 3 is 2.65 bits per heavy atom. The smallest absolute Gasteiger partial charge is 0.268 e. The minimum absolute atomic E-state index is 0.185. The number of hydrogen-bond donors (Lipinski definition) is 1. The number of benzene rings is 2. The normalized spacial score (nSPS) is 10.7. The van der Waals surface area contributed by atoms with Gasteiger partial charge in [0, 0.05) is 19.0 Å². The molecule has 0 fully saturated rings. The largest absolute Gasteiger partial charge is 0.496 e. The van der Waals surface area contributed by atoms with E-state index in [9.17, 15) is 9.18 Å². The first kappa shape index (κ1) is 15.1. The van der Waals surface area contributed by atoms with Gasteiger partial charge in [0.2, 0.25) is 0 Å². The quantitative estimate of drug-likeness (QED) is 0.803. The van der Waals surface area contributed by atoms with Gasteiger partial charge in [-0.2, -0.15) is 0 Å². The average molecular weight is 312 g/mol. The van der Waals surface area contributed by atoms with Crippen molar-refractivity contribution in [3.63, 3.8) is 0 Å². The van der Waals surface area contributed by atoms with Crippen molar-refractivity contribution in [2.24, 2.45) is 7.05 Å². The fourth-order valence-corrected chi connectivity index (χ4v) is 2.60. The number of aromatic nitrogens is 1. The number of ether oxygens (including phenoxy) is 1. The summed E-state index contributed by atoms with van der Waals surface area (Å²) in [5.74, 6) is 0.256. The highest BCUT2D eigenvalue weighted by atomic mass is 19.1. The van der Waals surface area contributed by atoms with Gasteiger partial charge < -0.3 is 14.6 Å². The first-order chi connectivity index (χ1) is 11.1. The standard InChI is InChI=1S/C18H17FN2O2/c1-21-15-4-3-5-17(23-2)14(15)10-16(21)18(22)20-11-12-6-8-13(19)9-7-12/h3-10H,11H2,1-2H3,(H,20,22). The highest BCUT2D eigenvalue weighted by Gasteiger charge is 2.15. The maximum atomic E-state index is 12.9. The number of nitrogens with one attached hydrogen (secondary N) is 1. The highest BCUT2D eigenvalue weighted by molar-refractivity contribution is 6.00. The molecule has 1 heterocycles. The molecule has 0 aliphatic rings. The van der Waals surface area contributed by atoms with Crippen LogP contribution in [0.3, 0.4) is 0 Å². The van der Waals surface area contributed by atoms with Gasteiger partial charge in [0.15, 0.2) is 0 Å². The summed E-state index contributed by atoms with van der Waals surface area (Å²) < 4.78 is 20.1. The highest BCUT2D eigenvalue weighted by Crippen LogP contribution is 2.28. The maximum Gasteiger partial charge on any atom is 0.268 e. The summed E-state index contributed by atoms with van der Waals surface area (Å²) in [5, 5.41) is 3.74. The summed E-state index contributed by atoms with van der Waals surface area (Å²) in [6.45, 7) is 0.345. The van der Waals surface area contributed by atoms with E-state index in [1.54, 1.807) is 19.2 Å². The molecule has 0 aliphatic carbocycles. The minimum atomic E-state index is -0.291. The van der Waals surface area contributed by atoms with Crippen LogP contribution in [0.15, 0.2) is 48.5 Å². The maximum absolute atomic E-state index is 12.9. The van der Waals surface area contributed by atoms with Gasteiger partial charge in [0.25, 0.3) is 5.91 Å². The third-order valence-corrected chi connectivity index (χ3v) is 3.87. The summed E-state index contributed by atoms with van der Waals surface area (Å²) in [6, 6.07) is 13.6. The van der Waals surface area contributed by atoms with E-state index in [0.29, 0.717) is 12.2 Å². The van der Waals surface area contributed by atoms with Crippen LogP contribution >= 0.6 is 0 Å². The Balaban J connectivity index is 1.83. The molecule has 118 valence electrons. The van der Waals surface area contributed by atoms with Gasteiger partial charge in [-0.1, -0.05) is 18.2 Å². The topological polar surface area (TPSA) is 43.3 Å². The fourth-order valence-electron chi connectivity index (χ4n) is 2.60. The summed E-state index contributed by atoms with van der Waals surface area (Å²) in [4.78, 5) is 12.4. The Labute approximate surface area is 133 Å². The van der Waals surface area contributed by atoms with Crippen molar-refractivity contribution in [1.82, 2.24) is 9.88 Å². The number of fused-ring (bicyclic) bond motifs is 1. The summed E-state index contributed by atoms with van der Waals surface area (Å²) in [6.07, 6.45) is 0. The van der Waals surface area contributed by atoms with Gasteiger partial charge in [0.05, 0.1) is 12.6 Å². The van der Waals surface area contributed by atoms with Crippen molar-refractivity contribution in [3.05, 3.63) is 65.6 Å². The monoisotopic (exact) mass is 312 g/mol. The summed E-state index contributed by atoms with van der Waals surface area (Å²) >= 11 is 0. The zero-order chi connectivity index (χ0) is 16.4. The molecule has 1 amide bonds. The van der Waals surface area contributed by atoms with Crippen molar-refractivity contribution in [2.75, 3.05) is 7.11 Å². The van der Waals surface area contributed by atoms with E-state index in [1.807, 2.05) is 35.9 Å². The zero-order valence-corrected chi connectivity index (χ0v) is 13.0. The molecule has 1 aromatic heterocycles. The van der Waals surface area contributed by atoms with Crippen molar-refractivity contribution in [2.45, 2.75) is 6.54 Å². The third-order valence-electron chi connectivity index (χ3n) is 3.87. The molecule has 0 spiro atoms. The number of rotatable bonds is 4. The van der Waals surface area contributed by atoms with E-state index < -0.39 is 0 Å². The van der Waals surface area contributed by atoms with Crippen molar-refractivity contribution < 1.29 is 13.9 Å². The molecule has 0 bridgehead atoms. The number of halogens is 1. The number of amides is 1. The van der Waals surface area contributed by atoms with Gasteiger partial charge in [-0.05, 0) is 35.9 Å². The number of hydrogen-bond acceptors (Lipinski definition) is 2.